The summed E-state index contributed by atoms with van der Waals surface area (Å²) in [6.45, 7) is 2.05. The number of rotatable bonds is 7. The van der Waals surface area contributed by atoms with Crippen LogP contribution in [-0.2, 0) is 9.53 Å². The second-order valence-corrected chi connectivity index (χ2v) is 5.73. The van der Waals surface area contributed by atoms with Gasteiger partial charge in [-0.2, -0.15) is 5.26 Å². The minimum atomic E-state index is -1.37. The van der Waals surface area contributed by atoms with E-state index in [4.69, 9.17) is 4.74 Å². The van der Waals surface area contributed by atoms with E-state index in [0.717, 1.165) is 11.1 Å². The number of ether oxygens (including phenoxy) is 1. The zero-order valence-corrected chi connectivity index (χ0v) is 14.2. The number of benzene rings is 2. The maximum absolute atomic E-state index is 12.5. The Morgan fingerprint density at radius 1 is 1.08 bits per heavy atom. The van der Waals surface area contributed by atoms with Gasteiger partial charge < -0.3 is 10.1 Å². The molecule has 0 fully saturated rings. The van der Waals surface area contributed by atoms with E-state index in [1.54, 1.807) is 25.1 Å². The van der Waals surface area contributed by atoms with Gasteiger partial charge in [-0.25, -0.2) is 0 Å². The first-order chi connectivity index (χ1) is 12.1. The van der Waals surface area contributed by atoms with Crippen LogP contribution < -0.4 is 5.32 Å². The molecule has 25 heavy (non-hydrogen) atoms. The number of nitrogens with zero attached hydrogens (tertiary/aromatic N) is 1. The minimum absolute atomic E-state index is 0.276. The molecule has 0 aliphatic heterocycles. The molecular weight excluding hydrogens is 316 g/mol. The van der Waals surface area contributed by atoms with Gasteiger partial charge in [-0.15, -0.1) is 0 Å². The molecule has 0 heterocycles. The second kappa shape index (κ2) is 8.76. The molecule has 0 aliphatic rings. The predicted octanol–water partition coefficient (Wildman–Crippen LogP) is 2.83. The molecule has 0 bridgehead atoms. The Labute approximate surface area is 147 Å². The fourth-order valence-corrected chi connectivity index (χ4v) is 2.48. The SMILES string of the molecule is COCC(C)NC(=O)C(C#N)C(=O)c1ccc(-c2ccccc2)cc1. The summed E-state index contributed by atoms with van der Waals surface area (Å²) < 4.78 is 4.94. The smallest absolute Gasteiger partial charge is 0.245 e. The largest absolute Gasteiger partial charge is 0.383 e. The normalized spacial score (nSPS) is 12.7. The van der Waals surface area contributed by atoms with Gasteiger partial charge in [0, 0.05) is 18.7 Å². The van der Waals surface area contributed by atoms with Crippen LogP contribution in [-0.4, -0.2) is 31.4 Å². The number of carbonyl (C=O) groups is 2. The zero-order chi connectivity index (χ0) is 18.2. The quantitative estimate of drug-likeness (QED) is 0.623. The predicted molar refractivity (Wildman–Crippen MR) is 94.8 cm³/mol. The van der Waals surface area contributed by atoms with Crippen molar-refractivity contribution < 1.29 is 14.3 Å². The van der Waals surface area contributed by atoms with Gasteiger partial charge in [0.15, 0.2) is 11.7 Å². The van der Waals surface area contributed by atoms with Gasteiger partial charge in [-0.3, -0.25) is 9.59 Å². The molecule has 0 saturated heterocycles. The molecule has 1 N–H and O–H groups in total. The summed E-state index contributed by atoms with van der Waals surface area (Å²) >= 11 is 0. The van der Waals surface area contributed by atoms with E-state index < -0.39 is 17.6 Å². The topological polar surface area (TPSA) is 79.2 Å². The monoisotopic (exact) mass is 336 g/mol. The summed E-state index contributed by atoms with van der Waals surface area (Å²) in [6.07, 6.45) is 0. The highest BCUT2D eigenvalue weighted by molar-refractivity contribution is 6.12. The molecular formula is C20H20N2O3. The number of hydrogen-bond donors (Lipinski definition) is 1. The van der Waals surface area contributed by atoms with E-state index in [9.17, 15) is 14.9 Å². The molecule has 0 aromatic heterocycles. The number of amides is 1. The third-order valence-electron chi connectivity index (χ3n) is 3.74. The summed E-state index contributed by atoms with van der Waals surface area (Å²) in [6, 6.07) is 18.2. The molecule has 5 nitrogen and oxygen atoms in total. The molecule has 0 radical (unpaired) electrons. The van der Waals surface area contributed by atoms with E-state index in [2.05, 4.69) is 5.32 Å². The van der Waals surface area contributed by atoms with Crippen molar-refractivity contribution in [2.24, 2.45) is 5.92 Å². The molecule has 2 atom stereocenters. The number of ketones is 1. The van der Waals surface area contributed by atoms with Gasteiger partial charge in [0.2, 0.25) is 5.91 Å². The van der Waals surface area contributed by atoms with Crippen molar-refractivity contribution >= 4 is 11.7 Å². The summed E-state index contributed by atoms with van der Waals surface area (Å²) in [5.41, 5.74) is 2.33. The van der Waals surface area contributed by atoms with Crippen LogP contribution in [0, 0.1) is 17.2 Å². The van der Waals surface area contributed by atoms with Crippen molar-refractivity contribution in [2.75, 3.05) is 13.7 Å². The van der Waals surface area contributed by atoms with Crippen LogP contribution in [0.5, 0.6) is 0 Å². The van der Waals surface area contributed by atoms with Crippen LogP contribution in [0.1, 0.15) is 17.3 Å². The zero-order valence-electron chi connectivity index (χ0n) is 14.2. The van der Waals surface area contributed by atoms with Crippen molar-refractivity contribution in [3.8, 4) is 17.2 Å². The van der Waals surface area contributed by atoms with Crippen molar-refractivity contribution in [3.63, 3.8) is 0 Å². The fourth-order valence-electron chi connectivity index (χ4n) is 2.48. The van der Waals surface area contributed by atoms with E-state index in [0.29, 0.717) is 12.2 Å². The average molecular weight is 336 g/mol. The highest BCUT2D eigenvalue weighted by Gasteiger charge is 2.28. The van der Waals surface area contributed by atoms with E-state index in [1.165, 1.54) is 7.11 Å². The number of methoxy groups -OCH3 is 1. The highest BCUT2D eigenvalue weighted by Crippen LogP contribution is 2.20. The van der Waals surface area contributed by atoms with Crippen LogP contribution in [0.4, 0.5) is 0 Å². The molecule has 2 aromatic carbocycles. The number of nitriles is 1. The van der Waals surface area contributed by atoms with Crippen molar-refractivity contribution in [2.45, 2.75) is 13.0 Å². The van der Waals surface area contributed by atoms with Gasteiger partial charge in [0.25, 0.3) is 0 Å². The lowest BCUT2D eigenvalue weighted by Crippen LogP contribution is -2.41. The Kier molecular flexibility index (Phi) is 6.44. The third kappa shape index (κ3) is 4.75. The lowest BCUT2D eigenvalue weighted by Gasteiger charge is -2.15. The van der Waals surface area contributed by atoms with E-state index >= 15 is 0 Å². The standard InChI is InChI=1S/C20H20N2O3/c1-14(13-25-2)22-20(24)18(12-21)19(23)17-10-8-16(9-11-17)15-6-4-3-5-7-15/h3-11,14,18H,13H2,1-2H3,(H,22,24). The molecule has 2 aromatic rings. The summed E-state index contributed by atoms with van der Waals surface area (Å²) in [5, 5.41) is 11.9. The summed E-state index contributed by atoms with van der Waals surface area (Å²) in [4.78, 5) is 24.6. The lowest BCUT2D eigenvalue weighted by molar-refractivity contribution is -0.123. The first kappa shape index (κ1) is 18.4. The maximum Gasteiger partial charge on any atom is 0.245 e. The Morgan fingerprint density at radius 3 is 2.24 bits per heavy atom. The molecule has 1 amide bonds. The number of carbonyl (C=O) groups excluding carboxylic acids is 2. The fraction of sp³-hybridized carbons (Fsp3) is 0.250. The third-order valence-corrected chi connectivity index (χ3v) is 3.74. The van der Waals surface area contributed by atoms with Gasteiger partial charge in [0.05, 0.1) is 12.7 Å². The van der Waals surface area contributed by atoms with Crippen molar-refractivity contribution in [1.82, 2.24) is 5.32 Å². The van der Waals surface area contributed by atoms with Gasteiger partial charge in [0.1, 0.15) is 0 Å². The summed E-state index contributed by atoms with van der Waals surface area (Å²) in [5.74, 6) is -2.49. The van der Waals surface area contributed by atoms with Crippen LogP contribution in [0.2, 0.25) is 0 Å². The second-order valence-electron chi connectivity index (χ2n) is 5.73. The van der Waals surface area contributed by atoms with E-state index in [1.807, 2.05) is 42.5 Å². The lowest BCUT2D eigenvalue weighted by atomic mass is 9.95. The van der Waals surface area contributed by atoms with Gasteiger partial charge >= 0.3 is 0 Å². The molecule has 2 unspecified atom stereocenters. The van der Waals surface area contributed by atoms with E-state index in [-0.39, 0.29) is 6.04 Å². The first-order valence-electron chi connectivity index (χ1n) is 7.95. The Morgan fingerprint density at radius 2 is 1.68 bits per heavy atom. The number of nitrogens with one attached hydrogen (secondary N) is 1. The van der Waals surface area contributed by atoms with Gasteiger partial charge in [-0.1, -0.05) is 54.6 Å². The Bertz CT molecular complexity index is 764. The van der Waals surface area contributed by atoms with Crippen LogP contribution in [0.15, 0.2) is 54.6 Å². The molecule has 128 valence electrons. The molecule has 0 saturated carbocycles. The molecule has 0 aliphatic carbocycles. The maximum atomic E-state index is 12.5. The van der Waals surface area contributed by atoms with Crippen molar-refractivity contribution in [3.05, 3.63) is 60.2 Å². The average Bonchev–Trinajstić information content (AvgIpc) is 2.63. The minimum Gasteiger partial charge on any atom is -0.383 e. The Hall–Kier alpha value is -2.97. The molecule has 2 rings (SSSR count). The van der Waals surface area contributed by atoms with Crippen LogP contribution in [0.25, 0.3) is 11.1 Å². The summed E-state index contributed by atoms with van der Waals surface area (Å²) in [7, 11) is 1.52. The number of hydrogen-bond acceptors (Lipinski definition) is 4. The van der Waals surface area contributed by atoms with Crippen molar-refractivity contribution in [1.29, 1.82) is 5.26 Å². The van der Waals surface area contributed by atoms with Crippen LogP contribution in [0.3, 0.4) is 0 Å². The Balaban J connectivity index is 2.13. The first-order valence-corrected chi connectivity index (χ1v) is 7.95. The van der Waals surface area contributed by atoms with Gasteiger partial charge in [-0.05, 0) is 18.1 Å². The molecule has 0 spiro atoms. The number of Topliss-reactive ketones (excluding diaryl/α,β-unsaturated/α-hetero) is 1. The highest BCUT2D eigenvalue weighted by atomic mass is 16.5. The molecule has 5 heteroatoms. The van der Waals surface area contributed by atoms with Crippen LogP contribution >= 0.6 is 0 Å².